The van der Waals surface area contributed by atoms with E-state index < -0.39 is 0 Å². The van der Waals surface area contributed by atoms with Crippen molar-refractivity contribution >= 4 is 22.4 Å². The molecule has 0 spiro atoms. The molecule has 0 N–H and O–H groups in total. The molecule has 30 heavy (non-hydrogen) atoms. The smallest absolute Gasteiger partial charge is 0.130 e. The summed E-state index contributed by atoms with van der Waals surface area (Å²) in [6, 6.07) is 10.7. The van der Waals surface area contributed by atoms with Crippen LogP contribution in [0.4, 0.5) is 0 Å². The molecule has 0 amide bonds. The second-order valence-electron chi connectivity index (χ2n) is 8.18. The summed E-state index contributed by atoms with van der Waals surface area (Å²) >= 11 is 5.74. The number of rotatable bonds is 17. The molecule has 2 aromatic carbocycles. The van der Waals surface area contributed by atoms with Crippen molar-refractivity contribution in [2.75, 3.05) is 19.1 Å². The Balaban J connectivity index is 1.95. The maximum Gasteiger partial charge on any atom is 0.130 e. The fraction of sp³-hybridized carbons (Fsp3) is 0.630. The first-order valence-corrected chi connectivity index (χ1v) is 12.7. The highest BCUT2D eigenvalue weighted by Gasteiger charge is 2.13. The van der Waals surface area contributed by atoms with E-state index in [9.17, 15) is 0 Å². The minimum Gasteiger partial charge on any atom is -0.493 e. The van der Waals surface area contributed by atoms with E-state index in [1.807, 2.05) is 0 Å². The summed E-state index contributed by atoms with van der Waals surface area (Å²) in [5.74, 6) is 2.84. The lowest BCUT2D eigenvalue weighted by atomic mass is 10.0. The monoisotopic (exact) mass is 432 g/mol. The number of unbranched alkanes of at least 4 members (excludes halogenated alkanes) is 9. The number of aryl methyl sites for hydroxylation is 1. The van der Waals surface area contributed by atoms with Gasteiger partial charge in [-0.1, -0.05) is 89.5 Å². The van der Waals surface area contributed by atoms with Crippen LogP contribution in [0, 0.1) is 0 Å². The number of benzene rings is 2. The minimum atomic E-state index is 0.778. The minimum absolute atomic E-state index is 0.778. The van der Waals surface area contributed by atoms with Gasteiger partial charge in [0.25, 0.3) is 0 Å². The molecular weight excluding hydrogens is 392 g/mol. The van der Waals surface area contributed by atoms with E-state index in [0.717, 1.165) is 61.7 Å². The van der Waals surface area contributed by atoms with Crippen molar-refractivity contribution in [1.29, 1.82) is 0 Å². The Labute approximate surface area is 189 Å². The molecule has 3 heteroatoms. The summed E-state index contributed by atoms with van der Waals surface area (Å²) < 4.78 is 12.5. The average molecular weight is 433 g/mol. The Morgan fingerprint density at radius 2 is 1.30 bits per heavy atom. The highest BCUT2D eigenvalue weighted by atomic mass is 35.5. The van der Waals surface area contributed by atoms with Crippen LogP contribution in [0.15, 0.2) is 30.3 Å². The first kappa shape index (κ1) is 24.9. The summed E-state index contributed by atoms with van der Waals surface area (Å²) in [7, 11) is 0. The van der Waals surface area contributed by atoms with Crippen molar-refractivity contribution in [3.63, 3.8) is 0 Å². The first-order valence-electron chi connectivity index (χ1n) is 12.2. The van der Waals surface area contributed by atoms with Gasteiger partial charge in [0.05, 0.1) is 13.2 Å². The topological polar surface area (TPSA) is 18.5 Å². The van der Waals surface area contributed by atoms with Crippen LogP contribution >= 0.6 is 11.6 Å². The molecule has 0 atom stereocenters. The zero-order valence-corrected chi connectivity index (χ0v) is 19.9. The van der Waals surface area contributed by atoms with Crippen molar-refractivity contribution in [3.8, 4) is 11.5 Å². The number of ether oxygens (including phenoxy) is 2. The molecule has 0 saturated carbocycles. The van der Waals surface area contributed by atoms with Crippen LogP contribution in [0.25, 0.3) is 10.8 Å². The molecule has 0 aliphatic rings. The van der Waals surface area contributed by atoms with E-state index in [1.54, 1.807) is 0 Å². The quantitative estimate of drug-likeness (QED) is 0.184. The van der Waals surface area contributed by atoms with Gasteiger partial charge < -0.3 is 9.47 Å². The molecule has 2 aromatic rings. The van der Waals surface area contributed by atoms with Gasteiger partial charge in [-0.15, -0.1) is 11.6 Å². The zero-order chi connectivity index (χ0) is 21.4. The first-order chi connectivity index (χ1) is 14.8. The van der Waals surface area contributed by atoms with Crippen molar-refractivity contribution < 1.29 is 9.47 Å². The third-order valence-corrected chi connectivity index (χ3v) is 5.96. The van der Waals surface area contributed by atoms with Gasteiger partial charge in [-0.05, 0) is 37.3 Å². The lowest BCUT2D eigenvalue weighted by molar-refractivity contribution is 0.299. The molecule has 0 radical (unpaired) electrons. The van der Waals surface area contributed by atoms with Crippen molar-refractivity contribution in [1.82, 2.24) is 0 Å². The van der Waals surface area contributed by atoms with E-state index in [1.165, 1.54) is 62.3 Å². The lowest BCUT2D eigenvalue weighted by Crippen LogP contribution is -2.03. The predicted molar refractivity (Wildman–Crippen MR) is 131 cm³/mol. The van der Waals surface area contributed by atoms with Crippen LogP contribution in [-0.2, 0) is 6.42 Å². The summed E-state index contributed by atoms with van der Waals surface area (Å²) in [5, 5.41) is 2.35. The van der Waals surface area contributed by atoms with E-state index in [2.05, 4.69) is 44.2 Å². The van der Waals surface area contributed by atoms with Gasteiger partial charge >= 0.3 is 0 Å². The van der Waals surface area contributed by atoms with Gasteiger partial charge in [0.1, 0.15) is 11.5 Å². The second kappa shape index (κ2) is 15.4. The van der Waals surface area contributed by atoms with Crippen LogP contribution in [0.2, 0.25) is 0 Å². The largest absolute Gasteiger partial charge is 0.493 e. The molecule has 0 aliphatic carbocycles. The molecule has 0 heterocycles. The van der Waals surface area contributed by atoms with Gasteiger partial charge in [0, 0.05) is 16.7 Å². The Bertz CT molecular complexity index is 713. The number of halogens is 1. The molecule has 0 saturated heterocycles. The maximum atomic E-state index is 6.30. The van der Waals surface area contributed by atoms with Crippen LogP contribution in [0.1, 0.15) is 90.0 Å². The predicted octanol–water partition coefficient (Wildman–Crippen LogP) is 8.71. The van der Waals surface area contributed by atoms with E-state index in [4.69, 9.17) is 21.1 Å². The molecule has 0 unspecified atom stereocenters. The van der Waals surface area contributed by atoms with E-state index >= 15 is 0 Å². The summed E-state index contributed by atoms with van der Waals surface area (Å²) in [6.45, 7) is 6.02. The number of alkyl halides is 1. The van der Waals surface area contributed by atoms with Crippen LogP contribution in [0.3, 0.4) is 0 Å². The van der Waals surface area contributed by atoms with Gasteiger partial charge in [-0.3, -0.25) is 0 Å². The van der Waals surface area contributed by atoms with Crippen molar-refractivity contribution in [3.05, 3.63) is 35.9 Å². The summed E-state index contributed by atoms with van der Waals surface area (Å²) in [5.41, 5.74) is 1.25. The molecule has 0 bridgehead atoms. The van der Waals surface area contributed by atoms with E-state index in [0.29, 0.717) is 0 Å². The summed E-state index contributed by atoms with van der Waals surface area (Å²) in [4.78, 5) is 0. The normalized spacial score (nSPS) is 11.2. The number of hydrogen-bond donors (Lipinski definition) is 0. The maximum absolute atomic E-state index is 6.30. The third kappa shape index (κ3) is 8.38. The van der Waals surface area contributed by atoms with Gasteiger partial charge in [0.15, 0.2) is 0 Å². The summed E-state index contributed by atoms with van der Waals surface area (Å²) in [6.07, 6.45) is 14.5. The molecular formula is C27H41ClO2. The Kier molecular flexibility index (Phi) is 12.8. The highest BCUT2D eigenvalue weighted by Crippen LogP contribution is 2.37. The SMILES string of the molecule is CCCCCCCOc1c(CC)cc(OCCCCCCCCCl)c2ccccc12. The lowest BCUT2D eigenvalue weighted by Gasteiger charge is -2.17. The van der Waals surface area contributed by atoms with Crippen LogP contribution in [0.5, 0.6) is 11.5 Å². The molecule has 168 valence electrons. The van der Waals surface area contributed by atoms with Gasteiger partial charge in [-0.25, -0.2) is 0 Å². The van der Waals surface area contributed by atoms with Crippen molar-refractivity contribution in [2.24, 2.45) is 0 Å². The van der Waals surface area contributed by atoms with Gasteiger partial charge in [-0.2, -0.15) is 0 Å². The Morgan fingerprint density at radius 3 is 1.97 bits per heavy atom. The molecule has 0 fully saturated rings. The average Bonchev–Trinajstić information content (AvgIpc) is 2.78. The molecule has 0 aromatic heterocycles. The van der Waals surface area contributed by atoms with Crippen molar-refractivity contribution in [2.45, 2.75) is 90.9 Å². The molecule has 0 aliphatic heterocycles. The number of fused-ring (bicyclic) bond motifs is 1. The van der Waals surface area contributed by atoms with E-state index in [-0.39, 0.29) is 0 Å². The highest BCUT2D eigenvalue weighted by molar-refractivity contribution is 6.17. The molecule has 2 nitrogen and oxygen atoms in total. The van der Waals surface area contributed by atoms with Crippen LogP contribution in [-0.4, -0.2) is 19.1 Å². The standard InChI is InChI=1S/C27H41ClO2/c1-3-5-6-10-16-21-30-27-23(4-2)22-26(24-17-12-13-18-25(24)27)29-20-15-11-8-7-9-14-19-28/h12-13,17-18,22H,3-11,14-16,19-21H2,1-2H3. The third-order valence-electron chi connectivity index (χ3n) is 5.69. The van der Waals surface area contributed by atoms with Crippen LogP contribution < -0.4 is 9.47 Å². The fourth-order valence-electron chi connectivity index (χ4n) is 3.89. The second-order valence-corrected chi connectivity index (χ2v) is 8.56. The number of hydrogen-bond acceptors (Lipinski definition) is 2. The molecule has 2 rings (SSSR count). The zero-order valence-electron chi connectivity index (χ0n) is 19.2. The fourth-order valence-corrected chi connectivity index (χ4v) is 4.08. The Morgan fingerprint density at radius 1 is 0.700 bits per heavy atom. The van der Waals surface area contributed by atoms with Gasteiger partial charge in [0.2, 0.25) is 0 Å². The Hall–Kier alpha value is -1.41.